The highest BCUT2D eigenvalue weighted by atomic mass is 16.5. The van der Waals surface area contributed by atoms with Gasteiger partial charge in [-0.05, 0) is 35.6 Å². The molecule has 0 radical (unpaired) electrons. The maximum absolute atomic E-state index is 13.6. The molecule has 36 heavy (non-hydrogen) atoms. The SMILES string of the molecule is COC(=O)N1CCC(CN2C(=O)C3(CCOC3)N=C2c2ccc(-c3ccc4cccnc4c3)cc2)C1. The molecule has 2 fully saturated rings. The predicted molar refractivity (Wildman–Crippen MR) is 136 cm³/mol. The van der Waals surface area contributed by atoms with Crippen molar-refractivity contribution in [2.75, 3.05) is 40.0 Å². The Morgan fingerprint density at radius 3 is 2.72 bits per heavy atom. The standard InChI is InChI=1S/C28H28N4O4/c1-35-27(34)31-13-10-19(16-31)17-32-25(30-28(26(32)33)11-14-36-18-28)22-7-4-20(5-8-22)23-9-6-21-3-2-12-29-24(21)15-23/h2-9,12,15,19H,10-11,13-14,16-18H2,1H3. The van der Waals surface area contributed by atoms with Crippen LogP contribution in [0.15, 0.2) is 65.8 Å². The fourth-order valence-corrected chi connectivity index (χ4v) is 5.45. The Labute approximate surface area is 209 Å². The molecular weight excluding hydrogens is 456 g/mol. The van der Waals surface area contributed by atoms with Crippen molar-refractivity contribution in [1.29, 1.82) is 0 Å². The molecule has 0 aliphatic carbocycles. The third kappa shape index (κ3) is 3.91. The first-order valence-electron chi connectivity index (χ1n) is 12.3. The number of ether oxygens (including phenoxy) is 2. The Kier molecular flexibility index (Phi) is 5.68. The Hall–Kier alpha value is -3.78. The maximum atomic E-state index is 13.6. The number of hydrogen-bond acceptors (Lipinski definition) is 6. The molecule has 0 N–H and O–H groups in total. The summed E-state index contributed by atoms with van der Waals surface area (Å²) in [5.74, 6) is 0.852. The molecule has 2 unspecified atom stereocenters. The number of pyridine rings is 1. The van der Waals surface area contributed by atoms with Crippen molar-refractivity contribution in [3.8, 4) is 11.1 Å². The van der Waals surface area contributed by atoms with Crippen LogP contribution in [-0.4, -0.2) is 78.1 Å². The van der Waals surface area contributed by atoms with Crippen molar-refractivity contribution in [2.45, 2.75) is 18.4 Å². The lowest BCUT2D eigenvalue weighted by molar-refractivity contribution is -0.131. The average molecular weight is 485 g/mol. The van der Waals surface area contributed by atoms with Gasteiger partial charge in [0.2, 0.25) is 0 Å². The minimum Gasteiger partial charge on any atom is -0.453 e. The number of rotatable bonds is 4. The van der Waals surface area contributed by atoms with E-state index in [1.807, 2.05) is 23.1 Å². The van der Waals surface area contributed by atoms with E-state index < -0.39 is 5.54 Å². The molecule has 4 heterocycles. The number of benzene rings is 2. The Morgan fingerprint density at radius 2 is 1.94 bits per heavy atom. The molecule has 3 aliphatic heterocycles. The van der Waals surface area contributed by atoms with Gasteiger partial charge in [-0.25, -0.2) is 9.79 Å². The summed E-state index contributed by atoms with van der Waals surface area (Å²) < 4.78 is 10.5. The van der Waals surface area contributed by atoms with Gasteiger partial charge in [0.05, 0.1) is 19.2 Å². The zero-order valence-electron chi connectivity index (χ0n) is 20.2. The summed E-state index contributed by atoms with van der Waals surface area (Å²) in [6.07, 6.45) is 2.90. The number of carbonyl (C=O) groups is 2. The molecule has 2 amide bonds. The van der Waals surface area contributed by atoms with Crippen molar-refractivity contribution >= 4 is 28.7 Å². The molecule has 3 aliphatic rings. The number of fused-ring (bicyclic) bond motifs is 1. The van der Waals surface area contributed by atoms with E-state index in [4.69, 9.17) is 14.5 Å². The second-order valence-corrected chi connectivity index (χ2v) is 9.74. The molecule has 2 saturated heterocycles. The maximum Gasteiger partial charge on any atom is 0.409 e. The topological polar surface area (TPSA) is 84.3 Å². The number of methoxy groups -OCH3 is 1. The second-order valence-electron chi connectivity index (χ2n) is 9.74. The summed E-state index contributed by atoms with van der Waals surface area (Å²) in [7, 11) is 1.40. The number of aliphatic imine (C=N–C) groups is 1. The van der Waals surface area contributed by atoms with Gasteiger partial charge in [-0.2, -0.15) is 0 Å². The minimum absolute atomic E-state index is 0.00352. The van der Waals surface area contributed by atoms with Crippen LogP contribution in [0.25, 0.3) is 22.0 Å². The third-order valence-corrected chi connectivity index (χ3v) is 7.46. The van der Waals surface area contributed by atoms with E-state index in [2.05, 4.69) is 41.4 Å². The summed E-state index contributed by atoms with van der Waals surface area (Å²) in [6, 6.07) is 18.4. The van der Waals surface area contributed by atoms with Crippen LogP contribution in [0, 0.1) is 5.92 Å². The molecule has 8 heteroatoms. The van der Waals surface area contributed by atoms with E-state index in [0.717, 1.165) is 34.0 Å². The highest BCUT2D eigenvalue weighted by Crippen LogP contribution is 2.35. The van der Waals surface area contributed by atoms with Gasteiger partial charge in [0.1, 0.15) is 5.84 Å². The van der Waals surface area contributed by atoms with Gasteiger partial charge in [-0.15, -0.1) is 0 Å². The van der Waals surface area contributed by atoms with E-state index in [1.54, 1.807) is 11.1 Å². The van der Waals surface area contributed by atoms with E-state index in [1.165, 1.54) is 7.11 Å². The Bertz CT molecular complexity index is 1350. The first-order valence-corrected chi connectivity index (χ1v) is 12.3. The molecule has 1 aromatic heterocycles. The minimum atomic E-state index is -0.835. The Balaban J connectivity index is 1.27. The molecule has 6 rings (SSSR count). The van der Waals surface area contributed by atoms with Crippen LogP contribution in [-0.2, 0) is 14.3 Å². The van der Waals surface area contributed by atoms with Crippen molar-refractivity contribution in [3.63, 3.8) is 0 Å². The number of aromatic nitrogens is 1. The fourth-order valence-electron chi connectivity index (χ4n) is 5.45. The summed E-state index contributed by atoms with van der Waals surface area (Å²) in [4.78, 5) is 38.5. The number of hydrogen-bond donors (Lipinski definition) is 0. The lowest BCUT2D eigenvalue weighted by Gasteiger charge is -2.25. The van der Waals surface area contributed by atoms with Gasteiger partial charge >= 0.3 is 6.09 Å². The van der Waals surface area contributed by atoms with Crippen molar-refractivity contribution in [1.82, 2.24) is 14.8 Å². The third-order valence-electron chi connectivity index (χ3n) is 7.46. The molecule has 3 aromatic rings. The normalized spacial score (nSPS) is 23.6. The van der Waals surface area contributed by atoms with E-state index in [-0.39, 0.29) is 17.9 Å². The zero-order chi connectivity index (χ0) is 24.7. The molecule has 1 spiro atoms. The van der Waals surface area contributed by atoms with Crippen LogP contribution in [0.2, 0.25) is 0 Å². The van der Waals surface area contributed by atoms with E-state index in [9.17, 15) is 9.59 Å². The highest BCUT2D eigenvalue weighted by Gasteiger charge is 2.51. The Morgan fingerprint density at radius 1 is 1.14 bits per heavy atom. The fraction of sp³-hybridized carbons (Fsp3) is 0.357. The summed E-state index contributed by atoms with van der Waals surface area (Å²) in [5, 5.41) is 1.11. The summed E-state index contributed by atoms with van der Waals surface area (Å²) in [5.41, 5.74) is 3.18. The van der Waals surface area contributed by atoms with E-state index >= 15 is 0 Å². The van der Waals surface area contributed by atoms with Crippen LogP contribution in [0.5, 0.6) is 0 Å². The molecule has 2 aromatic carbocycles. The number of likely N-dealkylation sites (tertiary alicyclic amines) is 1. The largest absolute Gasteiger partial charge is 0.453 e. The predicted octanol–water partition coefficient (Wildman–Crippen LogP) is 3.74. The highest BCUT2D eigenvalue weighted by molar-refractivity contribution is 6.15. The van der Waals surface area contributed by atoms with Crippen molar-refractivity contribution in [2.24, 2.45) is 10.9 Å². The molecule has 0 saturated carbocycles. The molecular formula is C28H28N4O4. The van der Waals surface area contributed by atoms with Gasteiger partial charge in [-0.3, -0.25) is 14.7 Å². The number of amidine groups is 1. The van der Waals surface area contributed by atoms with Crippen LogP contribution >= 0.6 is 0 Å². The van der Waals surface area contributed by atoms with Gasteiger partial charge in [-0.1, -0.05) is 42.5 Å². The smallest absolute Gasteiger partial charge is 0.409 e. The number of carbonyl (C=O) groups excluding carboxylic acids is 2. The molecule has 184 valence electrons. The molecule has 2 atom stereocenters. The van der Waals surface area contributed by atoms with Crippen LogP contribution in [0.1, 0.15) is 18.4 Å². The van der Waals surface area contributed by atoms with Crippen LogP contribution in [0.3, 0.4) is 0 Å². The zero-order valence-corrected chi connectivity index (χ0v) is 20.2. The lowest BCUT2D eigenvalue weighted by Crippen LogP contribution is -2.45. The first kappa shape index (κ1) is 22.7. The second kappa shape index (κ2) is 9.02. The van der Waals surface area contributed by atoms with E-state index in [0.29, 0.717) is 45.1 Å². The quantitative estimate of drug-likeness (QED) is 0.563. The van der Waals surface area contributed by atoms with Crippen LogP contribution < -0.4 is 0 Å². The van der Waals surface area contributed by atoms with Crippen LogP contribution in [0.4, 0.5) is 4.79 Å². The lowest BCUT2D eigenvalue weighted by atomic mass is 9.98. The summed E-state index contributed by atoms with van der Waals surface area (Å²) in [6.45, 7) is 2.57. The number of amides is 2. The number of nitrogens with zero attached hydrogens (tertiary/aromatic N) is 4. The summed E-state index contributed by atoms with van der Waals surface area (Å²) >= 11 is 0. The van der Waals surface area contributed by atoms with Gasteiger partial charge in [0.15, 0.2) is 5.54 Å². The molecule has 0 bridgehead atoms. The molecule has 8 nitrogen and oxygen atoms in total. The average Bonchev–Trinajstić information content (AvgIpc) is 3.65. The van der Waals surface area contributed by atoms with Crippen molar-refractivity contribution in [3.05, 3.63) is 66.4 Å². The van der Waals surface area contributed by atoms with Gasteiger partial charge < -0.3 is 14.4 Å². The van der Waals surface area contributed by atoms with Crippen molar-refractivity contribution < 1.29 is 19.1 Å². The van der Waals surface area contributed by atoms with Gasteiger partial charge in [0.25, 0.3) is 5.91 Å². The first-order chi connectivity index (χ1) is 17.6. The monoisotopic (exact) mass is 484 g/mol. The van der Waals surface area contributed by atoms with Gasteiger partial charge in [0, 0.05) is 49.8 Å².